The van der Waals surface area contributed by atoms with Gasteiger partial charge < -0.3 is 15.0 Å². The van der Waals surface area contributed by atoms with Gasteiger partial charge in [-0.3, -0.25) is 9.89 Å². The van der Waals surface area contributed by atoms with Crippen molar-refractivity contribution in [2.75, 3.05) is 18.0 Å². The van der Waals surface area contributed by atoms with E-state index in [1.165, 1.54) is 24.6 Å². The van der Waals surface area contributed by atoms with E-state index in [1.54, 1.807) is 6.20 Å². The van der Waals surface area contributed by atoms with Crippen LogP contribution in [0.25, 0.3) is 0 Å². The molecule has 154 valence electrons. The Hall–Kier alpha value is -3.42. The number of amides is 1. The number of benzene rings is 1. The fraction of sp³-hybridized carbons (Fsp3) is 0.364. The summed E-state index contributed by atoms with van der Waals surface area (Å²) in [5, 5.41) is 9.40. The molecule has 1 saturated heterocycles. The van der Waals surface area contributed by atoms with Gasteiger partial charge in [0, 0.05) is 18.6 Å². The number of carbonyl (C=O) groups is 1. The van der Waals surface area contributed by atoms with Crippen molar-refractivity contribution < 1.29 is 9.53 Å². The summed E-state index contributed by atoms with van der Waals surface area (Å²) in [6.45, 7) is 3.51. The molecule has 1 saturated carbocycles. The first-order chi connectivity index (χ1) is 14.7. The van der Waals surface area contributed by atoms with Crippen molar-refractivity contribution in [1.82, 2.24) is 25.5 Å². The van der Waals surface area contributed by atoms with Gasteiger partial charge in [0.15, 0.2) is 0 Å². The van der Waals surface area contributed by atoms with Crippen molar-refractivity contribution in [3.05, 3.63) is 65.7 Å². The standard InChI is InChI=1S/C22H24N6O2/c1-14(27-21(29)18-10-25-26-11-18)15-4-6-19(7-5-15)30-20-12-28(13-20)22-23-8-17(9-24-22)16-2-3-16/h4-11,14,16,20H,2-3,12-13H2,1H3,(H,25,26)(H,27,29). The first-order valence-corrected chi connectivity index (χ1v) is 10.3. The molecule has 3 heterocycles. The fourth-order valence-electron chi connectivity index (χ4n) is 3.56. The van der Waals surface area contributed by atoms with E-state index < -0.39 is 0 Å². The van der Waals surface area contributed by atoms with Gasteiger partial charge in [0.2, 0.25) is 5.95 Å². The molecule has 2 N–H and O–H groups in total. The van der Waals surface area contributed by atoms with Crippen LogP contribution in [0.15, 0.2) is 49.1 Å². The molecule has 3 aromatic rings. The van der Waals surface area contributed by atoms with Crippen LogP contribution in [-0.4, -0.2) is 45.3 Å². The molecular formula is C22H24N6O2. The van der Waals surface area contributed by atoms with E-state index in [0.29, 0.717) is 11.5 Å². The molecule has 0 bridgehead atoms. The number of rotatable bonds is 7. The van der Waals surface area contributed by atoms with Crippen molar-refractivity contribution in [2.45, 2.75) is 37.8 Å². The maximum Gasteiger partial charge on any atom is 0.254 e. The second kappa shape index (κ2) is 7.78. The Morgan fingerprint density at radius 2 is 1.90 bits per heavy atom. The fourth-order valence-corrected chi connectivity index (χ4v) is 3.56. The third kappa shape index (κ3) is 3.98. The molecule has 1 atom stereocenters. The summed E-state index contributed by atoms with van der Waals surface area (Å²) >= 11 is 0. The molecule has 0 radical (unpaired) electrons. The number of nitrogens with one attached hydrogen (secondary N) is 2. The highest BCUT2D eigenvalue weighted by Gasteiger charge is 2.31. The van der Waals surface area contributed by atoms with Crippen molar-refractivity contribution in [3.63, 3.8) is 0 Å². The van der Waals surface area contributed by atoms with Gasteiger partial charge in [0.05, 0.1) is 30.9 Å². The average molecular weight is 404 g/mol. The summed E-state index contributed by atoms with van der Waals surface area (Å²) in [5.74, 6) is 2.12. The van der Waals surface area contributed by atoms with E-state index in [1.807, 2.05) is 43.6 Å². The summed E-state index contributed by atoms with van der Waals surface area (Å²) in [6, 6.07) is 7.73. The second-order valence-electron chi connectivity index (χ2n) is 7.99. The largest absolute Gasteiger partial charge is 0.487 e. The van der Waals surface area contributed by atoms with E-state index in [2.05, 4.69) is 30.4 Å². The van der Waals surface area contributed by atoms with Crippen LogP contribution in [0.4, 0.5) is 5.95 Å². The number of hydrogen-bond acceptors (Lipinski definition) is 6. The van der Waals surface area contributed by atoms with Gasteiger partial charge in [-0.05, 0) is 48.9 Å². The van der Waals surface area contributed by atoms with Crippen molar-refractivity contribution >= 4 is 11.9 Å². The number of hydrogen-bond donors (Lipinski definition) is 2. The number of aromatic amines is 1. The van der Waals surface area contributed by atoms with Gasteiger partial charge >= 0.3 is 0 Å². The van der Waals surface area contributed by atoms with E-state index >= 15 is 0 Å². The average Bonchev–Trinajstić information content (AvgIpc) is 3.44. The van der Waals surface area contributed by atoms with Crippen LogP contribution in [0.5, 0.6) is 5.75 Å². The van der Waals surface area contributed by atoms with Crippen molar-refractivity contribution in [3.8, 4) is 5.75 Å². The van der Waals surface area contributed by atoms with E-state index in [9.17, 15) is 4.79 Å². The molecule has 8 heteroatoms. The molecule has 0 spiro atoms. The summed E-state index contributed by atoms with van der Waals surface area (Å²) in [7, 11) is 0. The number of nitrogens with zero attached hydrogens (tertiary/aromatic N) is 4. The third-order valence-corrected chi connectivity index (χ3v) is 5.63. The lowest BCUT2D eigenvalue weighted by atomic mass is 10.1. The van der Waals surface area contributed by atoms with Crippen LogP contribution in [-0.2, 0) is 0 Å². The zero-order valence-electron chi connectivity index (χ0n) is 16.8. The van der Waals surface area contributed by atoms with E-state index in [-0.39, 0.29) is 18.1 Å². The van der Waals surface area contributed by atoms with E-state index in [0.717, 1.165) is 30.4 Å². The molecule has 5 rings (SSSR count). The smallest absolute Gasteiger partial charge is 0.254 e. The maximum atomic E-state index is 12.1. The molecule has 2 aliphatic rings. The Morgan fingerprint density at radius 1 is 1.17 bits per heavy atom. The molecule has 1 amide bonds. The van der Waals surface area contributed by atoms with Gasteiger partial charge in [-0.1, -0.05) is 12.1 Å². The molecule has 1 aliphatic heterocycles. The number of carbonyl (C=O) groups excluding carboxylic acids is 1. The van der Waals surface area contributed by atoms with Crippen LogP contribution in [0.3, 0.4) is 0 Å². The Bertz CT molecular complexity index is 993. The zero-order valence-corrected chi connectivity index (χ0v) is 16.8. The lowest BCUT2D eigenvalue weighted by molar-refractivity contribution is 0.0940. The molecule has 2 aromatic heterocycles. The van der Waals surface area contributed by atoms with E-state index in [4.69, 9.17) is 4.74 Å². The van der Waals surface area contributed by atoms with Gasteiger partial charge in [0.25, 0.3) is 5.91 Å². The topological polar surface area (TPSA) is 96.0 Å². The Kier molecular flexibility index (Phi) is 4.82. The second-order valence-corrected chi connectivity index (χ2v) is 7.99. The predicted octanol–water partition coefficient (Wildman–Crippen LogP) is 2.84. The minimum absolute atomic E-state index is 0.114. The van der Waals surface area contributed by atoms with Crippen molar-refractivity contribution in [1.29, 1.82) is 0 Å². The zero-order chi connectivity index (χ0) is 20.5. The molecule has 1 aromatic carbocycles. The van der Waals surface area contributed by atoms with Crippen LogP contribution < -0.4 is 15.0 Å². The number of H-pyrrole nitrogens is 1. The minimum Gasteiger partial charge on any atom is -0.487 e. The lowest BCUT2D eigenvalue weighted by Gasteiger charge is -2.38. The first kappa shape index (κ1) is 18.6. The first-order valence-electron chi connectivity index (χ1n) is 10.3. The number of anilines is 1. The Labute approximate surface area is 174 Å². The highest BCUT2D eigenvalue weighted by Crippen LogP contribution is 2.39. The summed E-state index contributed by atoms with van der Waals surface area (Å²) in [6.07, 6.45) is 9.65. The Morgan fingerprint density at radius 3 is 2.53 bits per heavy atom. The molecule has 2 fully saturated rings. The summed E-state index contributed by atoms with van der Waals surface area (Å²) in [4.78, 5) is 23.3. The highest BCUT2D eigenvalue weighted by molar-refractivity contribution is 5.93. The van der Waals surface area contributed by atoms with Crippen molar-refractivity contribution in [2.24, 2.45) is 0 Å². The molecule has 1 unspecified atom stereocenters. The monoisotopic (exact) mass is 404 g/mol. The predicted molar refractivity (Wildman–Crippen MR) is 112 cm³/mol. The number of ether oxygens (including phenoxy) is 1. The molecule has 1 aliphatic carbocycles. The molecule has 8 nitrogen and oxygen atoms in total. The minimum atomic E-state index is -0.154. The molecule has 30 heavy (non-hydrogen) atoms. The lowest BCUT2D eigenvalue weighted by Crippen LogP contribution is -2.54. The SMILES string of the molecule is CC(NC(=O)c1cn[nH]c1)c1ccc(OC2CN(c3ncc(C4CC4)cn3)C2)cc1. The number of aromatic nitrogens is 4. The van der Waals surface area contributed by atoms with Gasteiger partial charge in [0.1, 0.15) is 11.9 Å². The summed E-state index contributed by atoms with van der Waals surface area (Å²) < 4.78 is 6.05. The van der Waals surface area contributed by atoms with Crippen LogP contribution in [0.2, 0.25) is 0 Å². The maximum absolute atomic E-state index is 12.1. The normalized spacial score (nSPS) is 17.3. The van der Waals surface area contributed by atoms with Crippen LogP contribution >= 0.6 is 0 Å². The third-order valence-electron chi connectivity index (χ3n) is 5.63. The highest BCUT2D eigenvalue weighted by atomic mass is 16.5. The quantitative estimate of drug-likeness (QED) is 0.629. The molecular weight excluding hydrogens is 380 g/mol. The van der Waals surface area contributed by atoms with Crippen LogP contribution in [0.1, 0.15) is 53.2 Å². The van der Waals surface area contributed by atoms with Gasteiger partial charge in [-0.15, -0.1) is 0 Å². The summed E-state index contributed by atoms with van der Waals surface area (Å²) in [5.41, 5.74) is 2.78. The van der Waals surface area contributed by atoms with Crippen LogP contribution in [0, 0.1) is 0 Å². The van der Waals surface area contributed by atoms with Gasteiger partial charge in [-0.2, -0.15) is 5.10 Å². The Balaban J connectivity index is 1.11. The van der Waals surface area contributed by atoms with Gasteiger partial charge in [-0.25, -0.2) is 9.97 Å².